The molecular formula is C9H21NO3S. The van der Waals surface area contributed by atoms with Gasteiger partial charge in [-0.05, 0) is 19.8 Å². The summed E-state index contributed by atoms with van der Waals surface area (Å²) in [5.41, 5.74) is 0. The van der Waals surface area contributed by atoms with E-state index < -0.39 is 10.0 Å². The smallest absolute Gasteiger partial charge is 0.211 e. The highest BCUT2D eigenvalue weighted by Gasteiger charge is 2.12. The van der Waals surface area contributed by atoms with Crippen molar-refractivity contribution in [1.29, 1.82) is 0 Å². The summed E-state index contributed by atoms with van der Waals surface area (Å²) in [4.78, 5) is 0. The fourth-order valence-electron chi connectivity index (χ4n) is 1.19. The van der Waals surface area contributed by atoms with Crippen molar-refractivity contribution in [2.75, 3.05) is 12.4 Å². The van der Waals surface area contributed by atoms with Gasteiger partial charge in [0.15, 0.2) is 0 Å². The Morgan fingerprint density at radius 2 is 2.00 bits per heavy atom. The number of hydrogen-bond acceptors (Lipinski definition) is 3. The number of rotatable bonds is 8. The van der Waals surface area contributed by atoms with Crippen molar-refractivity contribution in [3.8, 4) is 0 Å². The van der Waals surface area contributed by atoms with Crippen LogP contribution in [-0.4, -0.2) is 31.9 Å². The van der Waals surface area contributed by atoms with E-state index in [1.807, 2.05) is 6.92 Å². The first-order valence-corrected chi connectivity index (χ1v) is 6.78. The summed E-state index contributed by atoms with van der Waals surface area (Å²) in [6.07, 6.45) is 3.27. The zero-order valence-electron chi connectivity index (χ0n) is 8.99. The van der Waals surface area contributed by atoms with E-state index in [1.165, 1.54) is 0 Å². The molecular weight excluding hydrogens is 202 g/mol. The third kappa shape index (κ3) is 7.29. The number of sulfonamides is 1. The fourth-order valence-corrected chi connectivity index (χ4v) is 2.55. The third-order valence-corrected chi connectivity index (χ3v) is 3.53. The van der Waals surface area contributed by atoms with Gasteiger partial charge in [-0.1, -0.05) is 19.8 Å². The van der Waals surface area contributed by atoms with Gasteiger partial charge in [0.2, 0.25) is 10.0 Å². The van der Waals surface area contributed by atoms with E-state index in [4.69, 9.17) is 5.11 Å². The lowest BCUT2D eigenvalue weighted by molar-refractivity contribution is 0.295. The lowest BCUT2D eigenvalue weighted by Crippen LogP contribution is -2.34. The molecule has 0 amide bonds. The van der Waals surface area contributed by atoms with Crippen molar-refractivity contribution in [2.45, 2.75) is 45.6 Å². The van der Waals surface area contributed by atoms with Gasteiger partial charge in [0.05, 0.1) is 5.75 Å². The molecule has 0 aromatic heterocycles. The van der Waals surface area contributed by atoms with Crippen LogP contribution in [0.2, 0.25) is 0 Å². The van der Waals surface area contributed by atoms with Crippen LogP contribution in [0.25, 0.3) is 0 Å². The highest BCUT2D eigenvalue weighted by Crippen LogP contribution is 2.01. The Morgan fingerprint density at radius 3 is 2.50 bits per heavy atom. The molecule has 0 saturated carbocycles. The monoisotopic (exact) mass is 223 g/mol. The van der Waals surface area contributed by atoms with Crippen molar-refractivity contribution in [3.05, 3.63) is 0 Å². The first kappa shape index (κ1) is 13.9. The van der Waals surface area contributed by atoms with E-state index in [-0.39, 0.29) is 18.4 Å². The van der Waals surface area contributed by atoms with Gasteiger partial charge in [0.25, 0.3) is 0 Å². The van der Waals surface area contributed by atoms with Crippen LogP contribution >= 0.6 is 0 Å². The second kappa shape index (κ2) is 7.20. The highest BCUT2D eigenvalue weighted by molar-refractivity contribution is 7.89. The Morgan fingerprint density at radius 1 is 1.36 bits per heavy atom. The number of nitrogens with one attached hydrogen (secondary N) is 1. The molecule has 0 spiro atoms. The van der Waals surface area contributed by atoms with Gasteiger partial charge in [-0.2, -0.15) is 0 Å². The molecule has 0 aromatic rings. The van der Waals surface area contributed by atoms with Crippen LogP contribution in [-0.2, 0) is 10.0 Å². The predicted octanol–water partition coefficient (Wildman–Crippen LogP) is 0.867. The minimum absolute atomic E-state index is 0.00126. The molecule has 2 N–H and O–H groups in total. The first-order chi connectivity index (χ1) is 6.52. The van der Waals surface area contributed by atoms with Crippen molar-refractivity contribution in [1.82, 2.24) is 4.72 Å². The summed E-state index contributed by atoms with van der Waals surface area (Å²) in [7, 11) is -3.18. The molecule has 0 saturated heterocycles. The molecule has 86 valence electrons. The van der Waals surface area contributed by atoms with E-state index >= 15 is 0 Å². The molecule has 1 atom stereocenters. The molecule has 4 nitrogen and oxygen atoms in total. The molecule has 0 heterocycles. The van der Waals surface area contributed by atoms with E-state index in [9.17, 15) is 8.42 Å². The molecule has 0 rings (SSSR count). The van der Waals surface area contributed by atoms with Crippen molar-refractivity contribution < 1.29 is 13.5 Å². The summed E-state index contributed by atoms with van der Waals surface area (Å²) >= 11 is 0. The largest absolute Gasteiger partial charge is 0.396 e. The van der Waals surface area contributed by atoms with E-state index in [0.29, 0.717) is 6.42 Å². The molecule has 0 aliphatic carbocycles. The molecule has 5 heteroatoms. The van der Waals surface area contributed by atoms with Crippen LogP contribution in [0.15, 0.2) is 0 Å². The van der Waals surface area contributed by atoms with Crippen molar-refractivity contribution in [3.63, 3.8) is 0 Å². The number of unbranched alkanes of at least 4 members (excludes halogenated alkanes) is 1. The average molecular weight is 223 g/mol. The quantitative estimate of drug-likeness (QED) is 0.641. The predicted molar refractivity (Wildman–Crippen MR) is 57.6 cm³/mol. The number of aliphatic hydroxyl groups excluding tert-OH is 1. The van der Waals surface area contributed by atoms with Crippen LogP contribution in [0.1, 0.15) is 39.5 Å². The van der Waals surface area contributed by atoms with Gasteiger partial charge < -0.3 is 5.11 Å². The van der Waals surface area contributed by atoms with Crippen LogP contribution < -0.4 is 4.72 Å². The minimum atomic E-state index is -3.18. The zero-order chi connectivity index (χ0) is 11.0. The number of hydrogen-bond donors (Lipinski definition) is 2. The first-order valence-electron chi connectivity index (χ1n) is 5.12. The summed E-state index contributed by atoms with van der Waals surface area (Å²) in [6, 6.07) is -0.00126. The molecule has 0 aliphatic rings. The molecule has 0 aromatic carbocycles. The molecule has 0 aliphatic heterocycles. The van der Waals surface area contributed by atoms with Gasteiger partial charge in [-0.15, -0.1) is 0 Å². The SMILES string of the molecule is CCCCC(C)NS(=O)(=O)CCCO. The summed E-state index contributed by atoms with van der Waals surface area (Å²) in [5.74, 6) is 0.0139. The van der Waals surface area contributed by atoms with Gasteiger partial charge in [-0.25, -0.2) is 13.1 Å². The van der Waals surface area contributed by atoms with Crippen molar-refractivity contribution >= 4 is 10.0 Å². The Labute approximate surface area is 86.8 Å². The maximum Gasteiger partial charge on any atom is 0.211 e. The maximum absolute atomic E-state index is 11.3. The maximum atomic E-state index is 11.3. The summed E-state index contributed by atoms with van der Waals surface area (Å²) in [5, 5.41) is 8.51. The van der Waals surface area contributed by atoms with Crippen LogP contribution in [0, 0.1) is 0 Å². The van der Waals surface area contributed by atoms with Gasteiger partial charge in [0.1, 0.15) is 0 Å². The topological polar surface area (TPSA) is 66.4 Å². The normalized spacial score (nSPS) is 14.2. The van der Waals surface area contributed by atoms with Crippen LogP contribution in [0.3, 0.4) is 0 Å². The van der Waals surface area contributed by atoms with E-state index in [1.54, 1.807) is 0 Å². The minimum Gasteiger partial charge on any atom is -0.396 e. The van der Waals surface area contributed by atoms with E-state index in [0.717, 1.165) is 19.3 Å². The molecule has 1 unspecified atom stereocenters. The Balaban J connectivity index is 3.83. The molecule has 0 fully saturated rings. The zero-order valence-corrected chi connectivity index (χ0v) is 9.81. The van der Waals surface area contributed by atoms with Gasteiger partial charge in [0, 0.05) is 12.6 Å². The Hall–Kier alpha value is -0.130. The summed E-state index contributed by atoms with van der Waals surface area (Å²) in [6.45, 7) is 3.86. The van der Waals surface area contributed by atoms with Crippen molar-refractivity contribution in [2.24, 2.45) is 0 Å². The summed E-state index contributed by atoms with van der Waals surface area (Å²) < 4.78 is 25.3. The van der Waals surface area contributed by atoms with Gasteiger partial charge in [-0.3, -0.25) is 0 Å². The van der Waals surface area contributed by atoms with Gasteiger partial charge >= 0.3 is 0 Å². The lowest BCUT2D eigenvalue weighted by Gasteiger charge is -2.13. The standard InChI is InChI=1S/C9H21NO3S/c1-3-4-6-9(2)10-14(12,13)8-5-7-11/h9-11H,3-8H2,1-2H3. The fraction of sp³-hybridized carbons (Fsp3) is 1.00. The highest BCUT2D eigenvalue weighted by atomic mass is 32.2. The Kier molecular flexibility index (Phi) is 7.13. The molecule has 0 bridgehead atoms. The average Bonchev–Trinajstić information content (AvgIpc) is 2.11. The molecule has 14 heavy (non-hydrogen) atoms. The molecule has 0 radical (unpaired) electrons. The Bertz CT molecular complexity index is 226. The second-order valence-electron chi connectivity index (χ2n) is 3.56. The van der Waals surface area contributed by atoms with Crippen LogP contribution in [0.4, 0.5) is 0 Å². The lowest BCUT2D eigenvalue weighted by atomic mass is 10.2. The number of aliphatic hydroxyl groups is 1. The second-order valence-corrected chi connectivity index (χ2v) is 5.43. The third-order valence-electron chi connectivity index (χ3n) is 1.94. The van der Waals surface area contributed by atoms with E-state index in [2.05, 4.69) is 11.6 Å². The van der Waals surface area contributed by atoms with Crippen LogP contribution in [0.5, 0.6) is 0 Å².